The van der Waals surface area contributed by atoms with E-state index in [0.29, 0.717) is 0 Å². The number of carbonyl (C=O) groups is 1. The lowest BCUT2D eigenvalue weighted by molar-refractivity contribution is -0.136. The fourth-order valence-electron chi connectivity index (χ4n) is 1.16. The zero-order chi connectivity index (χ0) is 12.9. The highest BCUT2D eigenvalue weighted by Gasteiger charge is 2.32. The van der Waals surface area contributed by atoms with Crippen LogP contribution in [0.5, 0.6) is 0 Å². The Morgan fingerprint density at radius 1 is 1.35 bits per heavy atom. The molecule has 0 fully saturated rings. The van der Waals surface area contributed by atoms with E-state index in [4.69, 9.17) is 5.11 Å². The van der Waals surface area contributed by atoms with Gasteiger partial charge in [0.25, 0.3) is 5.91 Å². The van der Waals surface area contributed by atoms with E-state index >= 15 is 0 Å². The van der Waals surface area contributed by atoms with Gasteiger partial charge in [-0.1, -0.05) is 32.0 Å². The van der Waals surface area contributed by atoms with E-state index in [0.717, 1.165) is 5.69 Å². The van der Waals surface area contributed by atoms with Crippen molar-refractivity contribution in [3.8, 4) is 0 Å². The van der Waals surface area contributed by atoms with Crippen molar-refractivity contribution in [3.63, 3.8) is 0 Å². The Labute approximate surface area is 100 Å². The maximum atomic E-state index is 11.6. The Morgan fingerprint density at radius 3 is 2.47 bits per heavy atom. The summed E-state index contributed by atoms with van der Waals surface area (Å²) in [6.45, 7) is 2.95. The molecule has 5 heteroatoms. The van der Waals surface area contributed by atoms with Gasteiger partial charge in [0.1, 0.15) is 6.10 Å². The van der Waals surface area contributed by atoms with Crippen molar-refractivity contribution in [1.82, 2.24) is 5.43 Å². The van der Waals surface area contributed by atoms with Gasteiger partial charge < -0.3 is 10.2 Å². The number of hydrazine groups is 1. The van der Waals surface area contributed by atoms with Crippen LogP contribution in [-0.4, -0.2) is 28.8 Å². The summed E-state index contributed by atoms with van der Waals surface area (Å²) in [5.74, 6) is -0.576. The molecule has 0 bridgehead atoms. The number of aliphatic hydroxyl groups excluding tert-OH is 2. The van der Waals surface area contributed by atoms with Crippen molar-refractivity contribution in [2.45, 2.75) is 20.0 Å². The van der Waals surface area contributed by atoms with Gasteiger partial charge in [0.2, 0.25) is 0 Å². The van der Waals surface area contributed by atoms with Crippen LogP contribution in [0.1, 0.15) is 13.8 Å². The highest BCUT2D eigenvalue weighted by Crippen LogP contribution is 2.19. The number of benzene rings is 1. The number of anilines is 1. The van der Waals surface area contributed by atoms with Crippen LogP contribution in [0.4, 0.5) is 5.69 Å². The molecule has 1 atom stereocenters. The summed E-state index contributed by atoms with van der Waals surface area (Å²) in [6, 6.07) is 9.07. The highest BCUT2D eigenvalue weighted by molar-refractivity contribution is 5.82. The van der Waals surface area contributed by atoms with E-state index in [1.807, 2.05) is 18.2 Å². The number of amides is 1. The molecule has 0 spiro atoms. The Morgan fingerprint density at radius 2 is 1.94 bits per heavy atom. The molecular weight excluding hydrogens is 220 g/mol. The average molecular weight is 238 g/mol. The zero-order valence-electron chi connectivity index (χ0n) is 9.97. The number of para-hydroxylation sites is 1. The second-order valence-corrected chi connectivity index (χ2v) is 4.53. The number of aliphatic hydroxyl groups is 2. The molecule has 1 amide bonds. The van der Waals surface area contributed by atoms with Crippen LogP contribution in [0.2, 0.25) is 0 Å². The van der Waals surface area contributed by atoms with Crippen molar-refractivity contribution in [3.05, 3.63) is 30.3 Å². The first-order chi connectivity index (χ1) is 7.97. The van der Waals surface area contributed by atoms with Gasteiger partial charge in [0.15, 0.2) is 0 Å². The molecule has 0 radical (unpaired) electrons. The van der Waals surface area contributed by atoms with Crippen molar-refractivity contribution in [2.75, 3.05) is 12.0 Å². The Balaban J connectivity index is 2.51. The van der Waals surface area contributed by atoms with Gasteiger partial charge in [-0.25, -0.2) is 0 Å². The Kier molecular flexibility index (Phi) is 4.48. The molecule has 0 saturated heterocycles. The summed E-state index contributed by atoms with van der Waals surface area (Å²) < 4.78 is 0. The van der Waals surface area contributed by atoms with E-state index in [1.54, 1.807) is 26.0 Å². The lowest BCUT2D eigenvalue weighted by Gasteiger charge is -2.27. The zero-order valence-corrected chi connectivity index (χ0v) is 9.97. The lowest BCUT2D eigenvalue weighted by Crippen LogP contribution is -2.47. The van der Waals surface area contributed by atoms with Crippen LogP contribution in [0.15, 0.2) is 30.3 Å². The predicted molar refractivity (Wildman–Crippen MR) is 65.1 cm³/mol. The number of nitrogens with one attached hydrogen (secondary N) is 2. The van der Waals surface area contributed by atoms with Gasteiger partial charge in [-0.05, 0) is 12.1 Å². The average Bonchev–Trinajstić information content (AvgIpc) is 2.36. The maximum absolute atomic E-state index is 11.6. The molecule has 0 saturated carbocycles. The molecule has 0 aliphatic carbocycles. The van der Waals surface area contributed by atoms with Crippen LogP contribution < -0.4 is 10.9 Å². The molecule has 0 heterocycles. The maximum Gasteiger partial charge on any atom is 0.267 e. The van der Waals surface area contributed by atoms with Crippen molar-refractivity contribution < 1.29 is 15.0 Å². The van der Waals surface area contributed by atoms with Crippen molar-refractivity contribution >= 4 is 11.6 Å². The summed E-state index contributed by atoms with van der Waals surface area (Å²) in [7, 11) is 0. The van der Waals surface area contributed by atoms with Crippen molar-refractivity contribution in [1.29, 1.82) is 0 Å². The first-order valence-corrected chi connectivity index (χ1v) is 5.37. The van der Waals surface area contributed by atoms with Crippen LogP contribution in [0, 0.1) is 5.41 Å². The predicted octanol–water partition coefficient (Wildman–Crippen LogP) is 0.509. The quantitative estimate of drug-likeness (QED) is 0.563. The van der Waals surface area contributed by atoms with Crippen LogP contribution in [-0.2, 0) is 4.79 Å². The van der Waals surface area contributed by atoms with Gasteiger partial charge in [0.05, 0.1) is 12.3 Å². The molecule has 0 aliphatic heterocycles. The number of rotatable bonds is 5. The second-order valence-electron chi connectivity index (χ2n) is 4.53. The summed E-state index contributed by atoms with van der Waals surface area (Å²) in [6.07, 6.45) is -1.27. The van der Waals surface area contributed by atoms with Crippen LogP contribution >= 0.6 is 0 Å². The van der Waals surface area contributed by atoms with Gasteiger partial charge >= 0.3 is 0 Å². The first kappa shape index (κ1) is 13.5. The normalized spacial score (nSPS) is 12.9. The molecule has 0 aromatic heterocycles. The molecule has 94 valence electrons. The minimum atomic E-state index is -1.27. The summed E-state index contributed by atoms with van der Waals surface area (Å²) in [4.78, 5) is 11.6. The van der Waals surface area contributed by atoms with Gasteiger partial charge in [-0.2, -0.15) is 0 Å². The largest absolute Gasteiger partial charge is 0.396 e. The third-order valence-corrected chi connectivity index (χ3v) is 2.50. The summed E-state index contributed by atoms with van der Waals surface area (Å²) >= 11 is 0. The highest BCUT2D eigenvalue weighted by atomic mass is 16.3. The summed E-state index contributed by atoms with van der Waals surface area (Å²) in [5, 5.41) is 18.7. The van der Waals surface area contributed by atoms with E-state index < -0.39 is 17.4 Å². The molecule has 1 aromatic carbocycles. The van der Waals surface area contributed by atoms with E-state index in [9.17, 15) is 9.90 Å². The van der Waals surface area contributed by atoms with E-state index in [2.05, 4.69) is 10.9 Å². The van der Waals surface area contributed by atoms with Gasteiger partial charge in [-0.3, -0.25) is 15.6 Å². The second kappa shape index (κ2) is 5.65. The SMILES string of the molecule is CC(C)(CO)[C@H](O)C(=O)NNc1ccccc1. The molecule has 1 rings (SSSR count). The number of carbonyl (C=O) groups excluding carboxylic acids is 1. The smallest absolute Gasteiger partial charge is 0.267 e. The molecule has 17 heavy (non-hydrogen) atoms. The fraction of sp³-hybridized carbons (Fsp3) is 0.417. The monoisotopic (exact) mass is 238 g/mol. The van der Waals surface area contributed by atoms with E-state index in [1.165, 1.54) is 0 Å². The number of hydrogen-bond acceptors (Lipinski definition) is 4. The lowest BCUT2D eigenvalue weighted by atomic mass is 9.87. The third-order valence-electron chi connectivity index (χ3n) is 2.50. The van der Waals surface area contributed by atoms with Crippen LogP contribution in [0.25, 0.3) is 0 Å². The minimum absolute atomic E-state index is 0.271. The molecular formula is C12H18N2O3. The molecule has 4 N–H and O–H groups in total. The van der Waals surface area contributed by atoms with E-state index in [-0.39, 0.29) is 6.61 Å². The van der Waals surface area contributed by atoms with Crippen molar-refractivity contribution in [2.24, 2.45) is 5.41 Å². The molecule has 5 nitrogen and oxygen atoms in total. The van der Waals surface area contributed by atoms with Gasteiger partial charge in [0, 0.05) is 5.41 Å². The summed E-state index contributed by atoms with van der Waals surface area (Å²) in [5.41, 5.74) is 4.91. The first-order valence-electron chi connectivity index (χ1n) is 5.37. The molecule has 1 aromatic rings. The molecule has 0 aliphatic rings. The Bertz CT molecular complexity index is 365. The minimum Gasteiger partial charge on any atom is -0.396 e. The van der Waals surface area contributed by atoms with Gasteiger partial charge in [-0.15, -0.1) is 0 Å². The fourth-order valence-corrected chi connectivity index (χ4v) is 1.16. The van der Waals surface area contributed by atoms with Crippen LogP contribution in [0.3, 0.4) is 0 Å². The molecule has 0 unspecified atom stereocenters. The number of hydrogen-bond donors (Lipinski definition) is 4. The Hall–Kier alpha value is -1.59. The standard InChI is InChI=1S/C12H18N2O3/c1-12(2,8-15)10(16)11(17)14-13-9-6-4-3-5-7-9/h3-7,10,13,15-16H,8H2,1-2H3,(H,14,17)/t10-/m1/s1. The third kappa shape index (κ3) is 3.72. The topological polar surface area (TPSA) is 81.6 Å².